The SMILES string of the molecule is COCn1c(=O)n(COCCn2c(=O)n(CCO)c(=O)n(CCOCn3c(=O)n(C)c(=O)n(COCCn4c(=O)n(CCO)c(=O)n(CCO)c4=O)c3=O)c2=O)c(=O)n(C(C)C)c1=O. The van der Waals surface area contributed by atoms with Gasteiger partial charge in [0.25, 0.3) is 0 Å². The van der Waals surface area contributed by atoms with Crippen LogP contribution in [0.2, 0.25) is 0 Å². The van der Waals surface area contributed by atoms with Gasteiger partial charge in [-0.3, -0.25) is 0 Å². The molecule has 0 aliphatic carbocycles. The van der Waals surface area contributed by atoms with Gasteiger partial charge in [0.2, 0.25) is 0 Å². The van der Waals surface area contributed by atoms with E-state index in [4.69, 9.17) is 18.9 Å². The van der Waals surface area contributed by atoms with Crippen molar-refractivity contribution in [1.29, 1.82) is 0 Å². The highest BCUT2D eigenvalue weighted by Gasteiger charge is 2.20. The molecule has 4 aromatic heterocycles. The smallest absolute Gasteiger partial charge is 0.340 e. The Kier molecular flexibility index (Phi) is 17.3. The Morgan fingerprint density at radius 3 is 0.891 bits per heavy atom. The maximum Gasteiger partial charge on any atom is 0.340 e. The lowest BCUT2D eigenvalue weighted by Gasteiger charge is -2.16. The second-order valence-corrected chi connectivity index (χ2v) is 13.7. The fourth-order valence-electron chi connectivity index (χ4n) is 6.17. The summed E-state index contributed by atoms with van der Waals surface area (Å²) in [7, 11) is 2.25. The zero-order valence-corrected chi connectivity index (χ0v) is 35.1. The van der Waals surface area contributed by atoms with E-state index in [1.807, 2.05) is 0 Å². The molecule has 0 saturated heterocycles. The summed E-state index contributed by atoms with van der Waals surface area (Å²) < 4.78 is 28.0. The molecule has 354 valence electrons. The van der Waals surface area contributed by atoms with Gasteiger partial charge in [-0.1, -0.05) is 0 Å². The third-order valence-electron chi connectivity index (χ3n) is 9.39. The van der Waals surface area contributed by atoms with Gasteiger partial charge in [-0.05, 0) is 13.8 Å². The van der Waals surface area contributed by atoms with E-state index in [-0.39, 0.29) is 0 Å². The minimum atomic E-state index is -1.24. The van der Waals surface area contributed by atoms with Gasteiger partial charge in [-0.25, -0.2) is 112 Å². The highest BCUT2D eigenvalue weighted by molar-refractivity contribution is 4.83. The first kappa shape index (κ1) is 50.0. The average molecular weight is 917 g/mol. The quantitative estimate of drug-likeness (QED) is 0.0549. The first-order valence-corrected chi connectivity index (χ1v) is 19.2. The molecule has 0 aromatic carbocycles. The van der Waals surface area contributed by atoms with E-state index in [0.29, 0.717) is 50.2 Å². The van der Waals surface area contributed by atoms with Gasteiger partial charge in [0.15, 0.2) is 0 Å². The third-order valence-corrected chi connectivity index (χ3v) is 9.39. The number of hydrogen-bond acceptors (Lipinski definition) is 19. The van der Waals surface area contributed by atoms with Gasteiger partial charge >= 0.3 is 68.3 Å². The number of aliphatic hydroxyl groups is 3. The van der Waals surface area contributed by atoms with Gasteiger partial charge < -0.3 is 34.3 Å². The third kappa shape index (κ3) is 10.2. The molecule has 0 fully saturated rings. The van der Waals surface area contributed by atoms with Crippen molar-refractivity contribution in [3.8, 4) is 0 Å². The molecule has 0 spiro atoms. The predicted molar refractivity (Wildman–Crippen MR) is 214 cm³/mol. The normalized spacial score (nSPS) is 11.6. The zero-order chi connectivity index (χ0) is 47.6. The summed E-state index contributed by atoms with van der Waals surface area (Å²) >= 11 is 0. The molecule has 4 rings (SSSR count). The lowest BCUT2D eigenvalue weighted by molar-refractivity contribution is 0.0437. The van der Waals surface area contributed by atoms with E-state index in [1.165, 1.54) is 21.0 Å². The minimum Gasteiger partial charge on any atom is -0.395 e. The van der Waals surface area contributed by atoms with Crippen LogP contribution >= 0.6 is 0 Å². The Morgan fingerprint density at radius 1 is 0.375 bits per heavy atom. The summed E-state index contributed by atoms with van der Waals surface area (Å²) in [4.78, 5) is 155. The van der Waals surface area contributed by atoms with Gasteiger partial charge in [-0.2, -0.15) is 0 Å². The van der Waals surface area contributed by atoms with E-state index in [1.54, 1.807) is 0 Å². The van der Waals surface area contributed by atoms with Crippen molar-refractivity contribution in [3.63, 3.8) is 0 Å². The molecule has 0 amide bonds. The maximum absolute atomic E-state index is 13.4. The Morgan fingerprint density at radius 2 is 0.625 bits per heavy atom. The summed E-state index contributed by atoms with van der Waals surface area (Å²) in [5.41, 5.74) is -13.2. The van der Waals surface area contributed by atoms with Crippen LogP contribution in [0.15, 0.2) is 57.5 Å². The van der Waals surface area contributed by atoms with Crippen LogP contribution in [0.1, 0.15) is 19.9 Å². The van der Waals surface area contributed by atoms with Crippen molar-refractivity contribution in [2.75, 3.05) is 46.8 Å². The average Bonchev–Trinajstić information content (AvgIpc) is 3.25. The summed E-state index contributed by atoms with van der Waals surface area (Å²) in [6.45, 7) is -6.42. The number of nitrogens with zero attached hydrogens (tertiary/aromatic N) is 12. The summed E-state index contributed by atoms with van der Waals surface area (Å²) in [5.74, 6) is 0. The molecule has 64 heavy (non-hydrogen) atoms. The molecule has 0 radical (unpaired) electrons. The second-order valence-electron chi connectivity index (χ2n) is 13.7. The summed E-state index contributed by atoms with van der Waals surface area (Å²) in [6.07, 6.45) is 0. The number of hydrogen-bond donors (Lipinski definition) is 3. The molecule has 0 bridgehead atoms. The van der Waals surface area contributed by atoms with E-state index in [0.717, 1.165) is 11.6 Å². The molecule has 0 saturated carbocycles. The van der Waals surface area contributed by atoms with Crippen LogP contribution in [-0.4, -0.2) is 117 Å². The zero-order valence-electron chi connectivity index (χ0n) is 35.1. The van der Waals surface area contributed by atoms with E-state index >= 15 is 0 Å². The fourth-order valence-corrected chi connectivity index (χ4v) is 6.17. The first-order chi connectivity index (χ1) is 30.4. The van der Waals surface area contributed by atoms with Crippen molar-refractivity contribution >= 4 is 0 Å². The Balaban J connectivity index is 1.50. The lowest BCUT2D eigenvalue weighted by atomic mass is 10.4. The number of aliphatic hydroxyl groups excluding tert-OH is 3. The molecular weight excluding hydrogens is 868 g/mol. The van der Waals surface area contributed by atoms with Crippen molar-refractivity contribution in [2.24, 2.45) is 7.05 Å². The van der Waals surface area contributed by atoms with E-state index in [9.17, 15) is 72.9 Å². The number of aromatic nitrogens is 12. The van der Waals surface area contributed by atoms with Gasteiger partial charge in [-0.15, -0.1) is 0 Å². The Bertz CT molecular complexity index is 3030. The van der Waals surface area contributed by atoms with Crippen LogP contribution in [0.25, 0.3) is 0 Å². The Hall–Kier alpha value is -6.64. The highest BCUT2D eigenvalue weighted by Crippen LogP contribution is 1.94. The molecule has 4 aromatic rings. The monoisotopic (exact) mass is 916 g/mol. The molecular formula is C33H48N12O19. The topological polar surface area (TPSA) is 362 Å². The second kappa shape index (κ2) is 22.1. The fraction of sp³-hybridized carbons (Fsp3) is 0.636. The van der Waals surface area contributed by atoms with Crippen molar-refractivity contribution < 1.29 is 34.3 Å². The molecule has 3 N–H and O–H groups in total. The largest absolute Gasteiger partial charge is 0.395 e. The minimum absolute atomic E-state index is 0.460. The number of methoxy groups -OCH3 is 1. The van der Waals surface area contributed by atoms with Crippen LogP contribution in [0.5, 0.6) is 0 Å². The summed E-state index contributed by atoms with van der Waals surface area (Å²) in [5, 5.41) is 28.1. The molecule has 0 atom stereocenters. The molecule has 0 aliphatic heterocycles. The van der Waals surface area contributed by atoms with Crippen molar-refractivity contribution in [1.82, 2.24) is 54.8 Å². The molecule has 0 aliphatic rings. The van der Waals surface area contributed by atoms with Crippen LogP contribution in [0.3, 0.4) is 0 Å². The van der Waals surface area contributed by atoms with Crippen LogP contribution in [-0.2, 0) is 92.2 Å². The van der Waals surface area contributed by atoms with Gasteiger partial charge in [0.05, 0.1) is 78.9 Å². The van der Waals surface area contributed by atoms with Gasteiger partial charge in [0, 0.05) is 20.2 Å². The first-order valence-electron chi connectivity index (χ1n) is 19.2. The summed E-state index contributed by atoms with van der Waals surface area (Å²) in [6, 6.07) is -0.663. The van der Waals surface area contributed by atoms with Crippen LogP contribution < -0.4 is 68.3 Å². The van der Waals surface area contributed by atoms with E-state index < -0.39 is 180 Å². The van der Waals surface area contributed by atoms with Crippen LogP contribution in [0, 0.1) is 0 Å². The molecule has 31 heteroatoms. The van der Waals surface area contributed by atoms with Crippen molar-refractivity contribution in [2.45, 2.75) is 86.1 Å². The van der Waals surface area contributed by atoms with Crippen molar-refractivity contribution in [3.05, 3.63) is 126 Å². The van der Waals surface area contributed by atoms with Gasteiger partial charge in [0.1, 0.15) is 26.9 Å². The Labute approximate surface area is 354 Å². The van der Waals surface area contributed by atoms with Crippen LogP contribution in [0.4, 0.5) is 0 Å². The highest BCUT2D eigenvalue weighted by atomic mass is 16.5. The standard InChI is InChI=1S/C33H48N12O19/c1-21(2)45-32(59)41(17-61-4)30(57)44(33(45)60)20-64-16-10-40-28(55)37(7-13-48)27(54)39(29(40)56)9-15-63-19-43-23(50)34(3)22(49)42(31(43)58)18-62-14-8-38-25(52)35(5-11-46)24(51)36(6-12-47)26(38)53/h21,46-48H,5-20H2,1-4H3. The number of rotatable bonds is 24. The molecule has 0 unspecified atom stereocenters. The predicted octanol–water partition coefficient (Wildman–Crippen LogP) is -9.65. The maximum atomic E-state index is 13.4. The van der Waals surface area contributed by atoms with E-state index in [2.05, 4.69) is 0 Å². The molecule has 4 heterocycles. The number of ether oxygens (including phenoxy) is 4. The molecule has 31 nitrogen and oxygen atoms in total. The lowest BCUT2D eigenvalue weighted by Crippen LogP contribution is -2.56.